The Kier molecular flexibility index (Phi) is 4.52. The van der Waals surface area contributed by atoms with Crippen molar-refractivity contribution in [3.8, 4) is 0 Å². The SMILES string of the molecule is Cc1cccc(NC(=O)c2cncc(Nc3ccccc3F)c2)c1. The molecule has 120 valence electrons. The summed E-state index contributed by atoms with van der Waals surface area (Å²) in [5.41, 5.74) is 3.03. The third-order valence-electron chi connectivity index (χ3n) is 3.43. The Hall–Kier alpha value is -3.21. The number of rotatable bonds is 4. The highest BCUT2D eigenvalue weighted by Crippen LogP contribution is 2.20. The number of benzene rings is 2. The molecule has 2 aromatic carbocycles. The molecule has 0 unspecified atom stereocenters. The van der Waals surface area contributed by atoms with E-state index in [1.54, 1.807) is 24.3 Å². The van der Waals surface area contributed by atoms with E-state index in [4.69, 9.17) is 0 Å². The van der Waals surface area contributed by atoms with Crippen molar-refractivity contribution in [2.24, 2.45) is 0 Å². The first-order valence-electron chi connectivity index (χ1n) is 7.46. The first kappa shape index (κ1) is 15.7. The lowest BCUT2D eigenvalue weighted by atomic mass is 10.2. The van der Waals surface area contributed by atoms with Crippen LogP contribution in [0.15, 0.2) is 67.0 Å². The first-order valence-corrected chi connectivity index (χ1v) is 7.46. The summed E-state index contributed by atoms with van der Waals surface area (Å²) in [5.74, 6) is -0.641. The summed E-state index contributed by atoms with van der Waals surface area (Å²) in [5, 5.41) is 5.74. The van der Waals surface area contributed by atoms with Crippen LogP contribution in [0.2, 0.25) is 0 Å². The number of pyridine rings is 1. The number of halogens is 1. The molecular weight excluding hydrogens is 305 g/mol. The fraction of sp³-hybridized carbons (Fsp3) is 0.0526. The van der Waals surface area contributed by atoms with Crippen LogP contribution in [0.1, 0.15) is 15.9 Å². The Bertz CT molecular complexity index is 880. The molecule has 24 heavy (non-hydrogen) atoms. The van der Waals surface area contributed by atoms with E-state index in [1.165, 1.54) is 18.5 Å². The van der Waals surface area contributed by atoms with Gasteiger partial charge in [-0.15, -0.1) is 0 Å². The normalized spacial score (nSPS) is 10.2. The first-order chi connectivity index (χ1) is 11.6. The summed E-state index contributed by atoms with van der Waals surface area (Å²) in [7, 11) is 0. The van der Waals surface area contributed by atoms with Crippen LogP contribution < -0.4 is 10.6 Å². The van der Waals surface area contributed by atoms with Gasteiger partial charge in [0.05, 0.1) is 23.1 Å². The van der Waals surface area contributed by atoms with Crippen LogP contribution in [0.25, 0.3) is 0 Å². The van der Waals surface area contributed by atoms with E-state index in [2.05, 4.69) is 15.6 Å². The molecule has 0 saturated carbocycles. The summed E-state index contributed by atoms with van der Waals surface area (Å²) in [6.45, 7) is 1.95. The highest BCUT2D eigenvalue weighted by atomic mass is 19.1. The van der Waals surface area contributed by atoms with Crippen LogP contribution in [-0.4, -0.2) is 10.9 Å². The molecule has 4 nitrogen and oxygen atoms in total. The van der Waals surface area contributed by atoms with Crippen molar-refractivity contribution < 1.29 is 9.18 Å². The predicted molar refractivity (Wildman–Crippen MR) is 93.1 cm³/mol. The predicted octanol–water partition coefficient (Wildman–Crippen LogP) is 4.53. The zero-order valence-electron chi connectivity index (χ0n) is 13.1. The standard InChI is InChI=1S/C19H16FN3O/c1-13-5-4-6-15(9-13)23-19(24)14-10-16(12-21-11-14)22-18-8-3-2-7-17(18)20/h2-12,22H,1H3,(H,23,24). The van der Waals surface area contributed by atoms with E-state index in [9.17, 15) is 9.18 Å². The lowest BCUT2D eigenvalue weighted by Crippen LogP contribution is -2.12. The molecule has 3 aromatic rings. The van der Waals surface area contributed by atoms with Gasteiger partial charge in [-0.3, -0.25) is 9.78 Å². The Morgan fingerprint density at radius 1 is 1.00 bits per heavy atom. The van der Waals surface area contributed by atoms with E-state index in [-0.39, 0.29) is 11.7 Å². The van der Waals surface area contributed by atoms with E-state index < -0.39 is 0 Å². The second-order valence-electron chi connectivity index (χ2n) is 5.39. The number of para-hydroxylation sites is 1. The number of hydrogen-bond acceptors (Lipinski definition) is 3. The number of amides is 1. The fourth-order valence-corrected chi connectivity index (χ4v) is 2.28. The van der Waals surface area contributed by atoms with Crippen LogP contribution >= 0.6 is 0 Å². The number of nitrogens with zero attached hydrogens (tertiary/aromatic N) is 1. The second kappa shape index (κ2) is 6.91. The number of hydrogen-bond donors (Lipinski definition) is 2. The quantitative estimate of drug-likeness (QED) is 0.742. The molecule has 1 heterocycles. The van der Waals surface area contributed by atoms with E-state index >= 15 is 0 Å². The minimum Gasteiger partial charge on any atom is -0.352 e. The van der Waals surface area contributed by atoms with Crippen LogP contribution in [-0.2, 0) is 0 Å². The Morgan fingerprint density at radius 3 is 2.62 bits per heavy atom. The molecular formula is C19H16FN3O. The van der Waals surface area contributed by atoms with Crippen molar-refractivity contribution in [2.75, 3.05) is 10.6 Å². The maximum Gasteiger partial charge on any atom is 0.257 e. The van der Waals surface area contributed by atoms with Gasteiger partial charge in [0.25, 0.3) is 5.91 Å². The zero-order chi connectivity index (χ0) is 16.9. The van der Waals surface area contributed by atoms with E-state index in [0.29, 0.717) is 22.6 Å². The maximum absolute atomic E-state index is 13.7. The molecule has 2 N–H and O–H groups in total. The summed E-state index contributed by atoms with van der Waals surface area (Å²) >= 11 is 0. The number of aryl methyl sites for hydroxylation is 1. The number of carbonyl (C=O) groups excluding carboxylic acids is 1. The lowest BCUT2D eigenvalue weighted by molar-refractivity contribution is 0.102. The van der Waals surface area contributed by atoms with Crippen LogP contribution in [0, 0.1) is 12.7 Å². The molecule has 0 bridgehead atoms. The van der Waals surface area contributed by atoms with Gasteiger partial charge in [0.2, 0.25) is 0 Å². The molecule has 5 heteroatoms. The van der Waals surface area contributed by atoms with Gasteiger partial charge in [-0.2, -0.15) is 0 Å². The molecule has 0 saturated heterocycles. The average Bonchev–Trinajstić information content (AvgIpc) is 2.57. The molecule has 0 aliphatic rings. The van der Waals surface area contributed by atoms with Crippen LogP contribution in [0.3, 0.4) is 0 Å². The Labute approximate surface area is 139 Å². The Balaban J connectivity index is 1.77. The summed E-state index contributed by atoms with van der Waals surface area (Å²) < 4.78 is 13.7. The molecule has 0 atom stereocenters. The highest BCUT2D eigenvalue weighted by molar-refractivity contribution is 6.04. The monoisotopic (exact) mass is 321 g/mol. The molecule has 1 aromatic heterocycles. The fourth-order valence-electron chi connectivity index (χ4n) is 2.28. The van der Waals surface area contributed by atoms with Crippen molar-refractivity contribution in [2.45, 2.75) is 6.92 Å². The van der Waals surface area contributed by atoms with E-state index in [1.807, 2.05) is 31.2 Å². The maximum atomic E-state index is 13.7. The molecule has 3 rings (SSSR count). The van der Waals surface area contributed by atoms with Crippen LogP contribution in [0.4, 0.5) is 21.5 Å². The molecule has 0 fully saturated rings. The smallest absolute Gasteiger partial charge is 0.257 e. The second-order valence-corrected chi connectivity index (χ2v) is 5.39. The van der Waals surface area contributed by atoms with Gasteiger partial charge >= 0.3 is 0 Å². The number of carbonyl (C=O) groups is 1. The van der Waals surface area contributed by atoms with Gasteiger partial charge in [-0.05, 0) is 42.8 Å². The van der Waals surface area contributed by atoms with Crippen LogP contribution in [0.5, 0.6) is 0 Å². The lowest BCUT2D eigenvalue weighted by Gasteiger charge is -2.09. The van der Waals surface area contributed by atoms with Crippen molar-refractivity contribution in [1.29, 1.82) is 0 Å². The third kappa shape index (κ3) is 3.76. The number of aromatic nitrogens is 1. The Morgan fingerprint density at radius 2 is 1.83 bits per heavy atom. The summed E-state index contributed by atoms with van der Waals surface area (Å²) in [6, 6.07) is 15.5. The van der Waals surface area contributed by atoms with Crippen molar-refractivity contribution >= 4 is 23.0 Å². The van der Waals surface area contributed by atoms with Gasteiger partial charge in [-0.1, -0.05) is 24.3 Å². The largest absolute Gasteiger partial charge is 0.352 e. The molecule has 0 radical (unpaired) electrons. The van der Waals surface area contributed by atoms with Crippen molar-refractivity contribution in [1.82, 2.24) is 4.98 Å². The topological polar surface area (TPSA) is 54.0 Å². The molecule has 1 amide bonds. The summed E-state index contributed by atoms with van der Waals surface area (Å²) in [6.07, 6.45) is 3.01. The molecule has 0 aliphatic carbocycles. The van der Waals surface area contributed by atoms with Gasteiger partial charge in [0.15, 0.2) is 0 Å². The van der Waals surface area contributed by atoms with Gasteiger partial charge in [0.1, 0.15) is 5.82 Å². The summed E-state index contributed by atoms with van der Waals surface area (Å²) in [4.78, 5) is 16.4. The van der Waals surface area contributed by atoms with Crippen molar-refractivity contribution in [3.63, 3.8) is 0 Å². The minimum atomic E-state index is -0.368. The average molecular weight is 321 g/mol. The van der Waals surface area contributed by atoms with E-state index in [0.717, 1.165) is 5.56 Å². The highest BCUT2D eigenvalue weighted by Gasteiger charge is 2.09. The van der Waals surface area contributed by atoms with Gasteiger partial charge < -0.3 is 10.6 Å². The number of anilines is 3. The molecule has 0 spiro atoms. The minimum absolute atomic E-state index is 0.273. The number of nitrogens with one attached hydrogen (secondary N) is 2. The van der Waals surface area contributed by atoms with Crippen molar-refractivity contribution in [3.05, 3.63) is 83.9 Å². The third-order valence-corrected chi connectivity index (χ3v) is 3.43. The molecule has 0 aliphatic heterocycles. The van der Waals surface area contributed by atoms with Gasteiger partial charge in [0, 0.05) is 11.9 Å². The zero-order valence-corrected chi connectivity index (χ0v) is 13.1. The van der Waals surface area contributed by atoms with Gasteiger partial charge in [-0.25, -0.2) is 4.39 Å².